The van der Waals surface area contributed by atoms with Gasteiger partial charge in [-0.05, 0) is 30.0 Å². The molecule has 114 valence electrons. The summed E-state index contributed by atoms with van der Waals surface area (Å²) in [6.45, 7) is 7.40. The molecule has 1 aromatic rings. The van der Waals surface area contributed by atoms with Gasteiger partial charge in [0, 0.05) is 29.1 Å². The summed E-state index contributed by atoms with van der Waals surface area (Å²) < 4.78 is 5.45. The zero-order valence-electron chi connectivity index (χ0n) is 13.1. The van der Waals surface area contributed by atoms with Crippen LogP contribution in [0.4, 0.5) is 0 Å². The molecular formula is C17H23ClN2O. The molecule has 0 saturated carbocycles. The Labute approximate surface area is 132 Å². The summed E-state index contributed by atoms with van der Waals surface area (Å²) in [5.41, 5.74) is 1.22. The molecule has 3 unspecified atom stereocenters. The molecule has 0 radical (unpaired) electrons. The third-order valence-corrected chi connectivity index (χ3v) is 4.27. The molecule has 3 nitrogen and oxygen atoms in total. The van der Waals surface area contributed by atoms with Crippen LogP contribution in [0.1, 0.15) is 38.7 Å². The number of methoxy groups -OCH3 is 1. The van der Waals surface area contributed by atoms with Crippen LogP contribution in [-0.2, 0) is 0 Å². The van der Waals surface area contributed by atoms with E-state index in [2.05, 4.69) is 32.2 Å². The SMILES string of the molecule is COc1ccc(Cl)cc1C1CNC(CC(C)(C)C)C1C#N. The summed E-state index contributed by atoms with van der Waals surface area (Å²) in [6.07, 6.45) is 0.977. The van der Waals surface area contributed by atoms with Crippen molar-refractivity contribution in [3.8, 4) is 11.8 Å². The van der Waals surface area contributed by atoms with Crippen LogP contribution in [-0.4, -0.2) is 19.7 Å². The van der Waals surface area contributed by atoms with E-state index in [-0.39, 0.29) is 23.3 Å². The number of rotatable bonds is 3. The minimum atomic E-state index is -0.0587. The predicted molar refractivity (Wildman–Crippen MR) is 85.7 cm³/mol. The average Bonchev–Trinajstić information content (AvgIpc) is 2.79. The van der Waals surface area contributed by atoms with Gasteiger partial charge < -0.3 is 10.1 Å². The van der Waals surface area contributed by atoms with Crippen LogP contribution < -0.4 is 10.1 Å². The molecule has 0 amide bonds. The maximum Gasteiger partial charge on any atom is 0.122 e. The molecule has 1 aliphatic heterocycles. The molecule has 1 aromatic carbocycles. The normalized spacial score (nSPS) is 25.6. The second-order valence-corrected chi connectivity index (χ2v) is 7.36. The molecule has 1 fully saturated rings. The van der Waals surface area contributed by atoms with Gasteiger partial charge in [-0.25, -0.2) is 0 Å². The number of nitrogens with zero attached hydrogens (tertiary/aromatic N) is 1. The van der Waals surface area contributed by atoms with Crippen molar-refractivity contribution in [2.75, 3.05) is 13.7 Å². The Morgan fingerprint density at radius 2 is 2.14 bits per heavy atom. The minimum absolute atomic E-state index is 0.0587. The molecule has 0 bridgehead atoms. The summed E-state index contributed by atoms with van der Waals surface area (Å²) in [4.78, 5) is 0. The first-order valence-corrected chi connectivity index (χ1v) is 7.70. The molecule has 0 spiro atoms. The van der Waals surface area contributed by atoms with Crippen molar-refractivity contribution < 1.29 is 4.74 Å². The third-order valence-electron chi connectivity index (χ3n) is 4.04. The number of nitriles is 1. The summed E-state index contributed by atoms with van der Waals surface area (Å²) in [6, 6.07) is 8.33. The molecule has 0 aliphatic carbocycles. The predicted octanol–water partition coefficient (Wildman–Crippen LogP) is 3.98. The summed E-state index contributed by atoms with van der Waals surface area (Å²) >= 11 is 6.13. The van der Waals surface area contributed by atoms with Gasteiger partial charge >= 0.3 is 0 Å². The molecule has 1 N–H and O–H groups in total. The number of benzene rings is 1. The zero-order valence-corrected chi connectivity index (χ0v) is 13.9. The van der Waals surface area contributed by atoms with E-state index in [0.29, 0.717) is 5.02 Å². The Hall–Kier alpha value is -1.24. The summed E-state index contributed by atoms with van der Waals surface area (Å²) in [5.74, 6) is 0.871. The molecule has 1 saturated heterocycles. The second kappa shape index (κ2) is 6.25. The molecule has 1 aliphatic rings. The maximum absolute atomic E-state index is 9.63. The van der Waals surface area contributed by atoms with Crippen molar-refractivity contribution >= 4 is 11.6 Å². The lowest BCUT2D eigenvalue weighted by molar-refractivity contribution is 0.303. The van der Waals surface area contributed by atoms with E-state index in [9.17, 15) is 5.26 Å². The molecule has 1 heterocycles. The molecule has 2 rings (SSSR count). The topological polar surface area (TPSA) is 45.0 Å². The average molecular weight is 307 g/mol. The lowest BCUT2D eigenvalue weighted by Crippen LogP contribution is -2.31. The van der Waals surface area contributed by atoms with Gasteiger partial charge in [0.05, 0.1) is 19.1 Å². The van der Waals surface area contributed by atoms with Crippen molar-refractivity contribution in [3.05, 3.63) is 28.8 Å². The fraction of sp³-hybridized carbons (Fsp3) is 0.588. The molecule has 4 heteroatoms. The lowest BCUT2D eigenvalue weighted by Gasteiger charge is -2.26. The third kappa shape index (κ3) is 3.70. The van der Waals surface area contributed by atoms with Crippen molar-refractivity contribution in [1.82, 2.24) is 5.32 Å². The van der Waals surface area contributed by atoms with Gasteiger partial charge in [-0.15, -0.1) is 0 Å². The standard InChI is InChI=1S/C17H23ClN2O/c1-17(2,3)8-15-13(9-19)14(10-20-15)12-7-11(18)5-6-16(12)21-4/h5-7,13-15,20H,8,10H2,1-4H3. The number of hydrogen-bond acceptors (Lipinski definition) is 3. The largest absolute Gasteiger partial charge is 0.496 e. The molecule has 21 heavy (non-hydrogen) atoms. The van der Waals surface area contributed by atoms with Gasteiger partial charge in [0.1, 0.15) is 5.75 Å². The van der Waals surface area contributed by atoms with Crippen molar-refractivity contribution in [2.24, 2.45) is 11.3 Å². The van der Waals surface area contributed by atoms with E-state index in [4.69, 9.17) is 16.3 Å². The van der Waals surface area contributed by atoms with E-state index in [0.717, 1.165) is 24.3 Å². The quantitative estimate of drug-likeness (QED) is 0.918. The van der Waals surface area contributed by atoms with Crippen molar-refractivity contribution in [1.29, 1.82) is 5.26 Å². The fourth-order valence-electron chi connectivity index (χ4n) is 3.15. The number of hydrogen-bond donors (Lipinski definition) is 1. The summed E-state index contributed by atoms with van der Waals surface area (Å²) in [7, 11) is 1.66. The van der Waals surface area contributed by atoms with Crippen LogP contribution in [0, 0.1) is 22.7 Å². The van der Waals surface area contributed by atoms with Crippen molar-refractivity contribution in [3.63, 3.8) is 0 Å². The van der Waals surface area contributed by atoms with Crippen molar-refractivity contribution in [2.45, 2.75) is 39.2 Å². The van der Waals surface area contributed by atoms with Crippen LogP contribution >= 0.6 is 11.6 Å². The van der Waals surface area contributed by atoms with Gasteiger partial charge in [-0.1, -0.05) is 32.4 Å². The van der Waals surface area contributed by atoms with E-state index >= 15 is 0 Å². The van der Waals surface area contributed by atoms with Crippen LogP contribution in [0.2, 0.25) is 5.02 Å². The van der Waals surface area contributed by atoms with E-state index in [1.165, 1.54) is 0 Å². The van der Waals surface area contributed by atoms with Gasteiger partial charge in [-0.2, -0.15) is 5.26 Å². The summed E-state index contributed by atoms with van der Waals surface area (Å²) in [5, 5.41) is 13.8. The molecular weight excluding hydrogens is 284 g/mol. The Kier molecular flexibility index (Phi) is 4.81. The smallest absolute Gasteiger partial charge is 0.122 e. The number of ether oxygens (including phenoxy) is 1. The highest BCUT2D eigenvalue weighted by Gasteiger charge is 2.39. The number of nitrogens with one attached hydrogen (secondary N) is 1. The van der Waals surface area contributed by atoms with Crippen LogP contribution in [0.5, 0.6) is 5.75 Å². The van der Waals surface area contributed by atoms with Gasteiger partial charge in [-0.3, -0.25) is 0 Å². The zero-order chi connectivity index (χ0) is 15.6. The second-order valence-electron chi connectivity index (χ2n) is 6.93. The minimum Gasteiger partial charge on any atom is -0.496 e. The Morgan fingerprint density at radius 1 is 1.43 bits per heavy atom. The first-order valence-electron chi connectivity index (χ1n) is 7.32. The fourth-order valence-corrected chi connectivity index (χ4v) is 3.33. The maximum atomic E-state index is 9.63. The lowest BCUT2D eigenvalue weighted by atomic mass is 9.79. The van der Waals surface area contributed by atoms with E-state index < -0.39 is 0 Å². The highest BCUT2D eigenvalue weighted by Crippen LogP contribution is 2.40. The van der Waals surface area contributed by atoms with E-state index in [1.807, 2.05) is 18.2 Å². The Bertz CT molecular complexity index is 545. The molecule has 0 aromatic heterocycles. The monoisotopic (exact) mass is 306 g/mol. The number of halogens is 1. The first-order chi connectivity index (χ1) is 9.85. The van der Waals surface area contributed by atoms with Crippen LogP contribution in [0.15, 0.2) is 18.2 Å². The Morgan fingerprint density at radius 3 is 2.71 bits per heavy atom. The van der Waals surface area contributed by atoms with Gasteiger partial charge in [0.25, 0.3) is 0 Å². The molecule has 3 atom stereocenters. The first kappa shape index (κ1) is 16.1. The highest BCUT2D eigenvalue weighted by molar-refractivity contribution is 6.30. The highest BCUT2D eigenvalue weighted by atomic mass is 35.5. The van der Waals surface area contributed by atoms with Crippen LogP contribution in [0.3, 0.4) is 0 Å². The van der Waals surface area contributed by atoms with Gasteiger partial charge in [0.2, 0.25) is 0 Å². The Balaban J connectivity index is 2.29. The van der Waals surface area contributed by atoms with E-state index in [1.54, 1.807) is 7.11 Å². The van der Waals surface area contributed by atoms with Crippen LogP contribution in [0.25, 0.3) is 0 Å². The van der Waals surface area contributed by atoms with Gasteiger partial charge in [0.15, 0.2) is 0 Å².